The quantitative estimate of drug-likeness (QED) is 0.709. The number of methoxy groups -OCH3 is 2. The normalized spacial score (nSPS) is 13.9. The Labute approximate surface area is 152 Å². The van der Waals surface area contributed by atoms with Gasteiger partial charge in [0.15, 0.2) is 0 Å². The summed E-state index contributed by atoms with van der Waals surface area (Å²) in [7, 11) is 3.29. The smallest absolute Gasteiger partial charge is 0.256 e. The number of hydrogen-bond donors (Lipinski definition) is 0. The van der Waals surface area contributed by atoms with Crippen molar-refractivity contribution >= 4 is 16.8 Å². The predicted octanol–water partition coefficient (Wildman–Crippen LogP) is 3.30. The Morgan fingerprint density at radius 2 is 1.88 bits per heavy atom. The van der Waals surface area contributed by atoms with Gasteiger partial charge in [-0.15, -0.1) is 0 Å². The molecule has 2 heterocycles. The van der Waals surface area contributed by atoms with Crippen molar-refractivity contribution in [2.24, 2.45) is 0 Å². The molecular formula is C21H22N2O3. The molecule has 1 aliphatic rings. The minimum Gasteiger partial charge on any atom is -0.497 e. The van der Waals surface area contributed by atoms with Crippen LogP contribution in [0.15, 0.2) is 48.7 Å². The van der Waals surface area contributed by atoms with Gasteiger partial charge < -0.3 is 18.9 Å². The standard InChI is InChI=1S/C21H22N2O3/c1-25-14-22-11-10-16-13-23(12-15-6-8-17(26-2)9-7-15)19-5-3-4-18(20(16)19)21(22)24/h3-9,13H,10-12,14H2,1-2H3. The van der Waals surface area contributed by atoms with Gasteiger partial charge in [-0.1, -0.05) is 18.2 Å². The van der Waals surface area contributed by atoms with Gasteiger partial charge in [-0.05, 0) is 41.8 Å². The molecule has 4 rings (SSSR count). The van der Waals surface area contributed by atoms with Gasteiger partial charge in [-0.3, -0.25) is 4.79 Å². The zero-order valence-corrected chi connectivity index (χ0v) is 15.1. The molecule has 5 heteroatoms. The van der Waals surface area contributed by atoms with Crippen LogP contribution in [-0.2, 0) is 17.7 Å². The summed E-state index contributed by atoms with van der Waals surface area (Å²) in [5.74, 6) is 0.894. The van der Waals surface area contributed by atoms with Gasteiger partial charge >= 0.3 is 0 Å². The van der Waals surface area contributed by atoms with Crippen molar-refractivity contribution in [3.63, 3.8) is 0 Å². The molecule has 0 atom stereocenters. The van der Waals surface area contributed by atoms with Crippen LogP contribution in [0.4, 0.5) is 0 Å². The lowest BCUT2D eigenvalue weighted by Crippen LogP contribution is -2.33. The van der Waals surface area contributed by atoms with E-state index in [0.29, 0.717) is 13.3 Å². The first-order valence-corrected chi connectivity index (χ1v) is 8.73. The molecule has 2 aromatic carbocycles. The van der Waals surface area contributed by atoms with Crippen molar-refractivity contribution in [3.8, 4) is 5.75 Å². The van der Waals surface area contributed by atoms with E-state index >= 15 is 0 Å². The predicted molar refractivity (Wildman–Crippen MR) is 101 cm³/mol. The highest BCUT2D eigenvalue weighted by atomic mass is 16.5. The topological polar surface area (TPSA) is 43.7 Å². The minimum atomic E-state index is 0.0402. The van der Waals surface area contributed by atoms with Gasteiger partial charge in [-0.25, -0.2) is 0 Å². The van der Waals surface area contributed by atoms with E-state index in [9.17, 15) is 4.79 Å². The van der Waals surface area contributed by atoms with Crippen LogP contribution in [-0.4, -0.2) is 42.9 Å². The van der Waals surface area contributed by atoms with Gasteiger partial charge in [0.1, 0.15) is 12.5 Å². The number of nitrogens with zero attached hydrogens (tertiary/aromatic N) is 2. The monoisotopic (exact) mass is 350 g/mol. The molecule has 134 valence electrons. The molecule has 1 aliphatic heterocycles. The molecule has 0 unspecified atom stereocenters. The Kier molecular flexibility index (Phi) is 4.39. The summed E-state index contributed by atoms with van der Waals surface area (Å²) < 4.78 is 12.7. The number of carbonyl (C=O) groups excluding carboxylic acids is 1. The molecule has 0 radical (unpaired) electrons. The van der Waals surface area contributed by atoms with Crippen molar-refractivity contribution in [1.29, 1.82) is 0 Å². The lowest BCUT2D eigenvalue weighted by Gasteiger charge is -2.20. The van der Waals surface area contributed by atoms with E-state index < -0.39 is 0 Å². The molecular weight excluding hydrogens is 328 g/mol. The van der Waals surface area contributed by atoms with Crippen LogP contribution in [0.25, 0.3) is 10.9 Å². The molecule has 1 amide bonds. The molecule has 0 saturated carbocycles. The van der Waals surface area contributed by atoms with Gasteiger partial charge in [0.2, 0.25) is 0 Å². The second kappa shape index (κ2) is 6.84. The van der Waals surface area contributed by atoms with Gasteiger partial charge in [0, 0.05) is 42.9 Å². The Morgan fingerprint density at radius 1 is 1.08 bits per heavy atom. The maximum absolute atomic E-state index is 12.9. The number of benzene rings is 2. The highest BCUT2D eigenvalue weighted by molar-refractivity contribution is 6.08. The molecule has 0 spiro atoms. The van der Waals surface area contributed by atoms with Crippen LogP contribution in [0.2, 0.25) is 0 Å². The number of ether oxygens (including phenoxy) is 2. The molecule has 0 fully saturated rings. The summed E-state index contributed by atoms with van der Waals surface area (Å²) in [4.78, 5) is 14.6. The highest BCUT2D eigenvalue weighted by Gasteiger charge is 2.25. The van der Waals surface area contributed by atoms with Crippen molar-refractivity contribution in [2.75, 3.05) is 27.5 Å². The van der Waals surface area contributed by atoms with Crippen molar-refractivity contribution in [3.05, 3.63) is 65.4 Å². The summed E-state index contributed by atoms with van der Waals surface area (Å²) in [6.45, 7) is 1.76. The van der Waals surface area contributed by atoms with Gasteiger partial charge in [-0.2, -0.15) is 0 Å². The van der Waals surface area contributed by atoms with E-state index in [1.807, 2.05) is 24.3 Å². The maximum Gasteiger partial charge on any atom is 0.256 e. The SMILES string of the molecule is COCN1CCc2cn(Cc3ccc(OC)cc3)c3cccc(c23)C1=O. The fraction of sp³-hybridized carbons (Fsp3) is 0.286. The summed E-state index contributed by atoms with van der Waals surface area (Å²) in [6.07, 6.45) is 3.01. The van der Waals surface area contributed by atoms with E-state index in [1.165, 1.54) is 11.1 Å². The number of rotatable bonds is 5. The van der Waals surface area contributed by atoms with Gasteiger partial charge in [0.05, 0.1) is 7.11 Å². The third-order valence-corrected chi connectivity index (χ3v) is 4.95. The first kappa shape index (κ1) is 16.7. The lowest BCUT2D eigenvalue weighted by atomic mass is 10.1. The number of carbonyl (C=O) groups is 1. The van der Waals surface area contributed by atoms with Crippen LogP contribution in [0.1, 0.15) is 21.5 Å². The maximum atomic E-state index is 12.9. The van der Waals surface area contributed by atoms with Gasteiger partial charge in [0.25, 0.3) is 5.91 Å². The summed E-state index contributed by atoms with van der Waals surface area (Å²) in [6, 6.07) is 14.1. The van der Waals surface area contributed by atoms with Crippen LogP contribution < -0.4 is 4.74 Å². The Morgan fingerprint density at radius 3 is 2.62 bits per heavy atom. The first-order valence-electron chi connectivity index (χ1n) is 8.73. The zero-order chi connectivity index (χ0) is 18.1. The molecule has 5 nitrogen and oxygen atoms in total. The lowest BCUT2D eigenvalue weighted by molar-refractivity contribution is 0.0428. The van der Waals surface area contributed by atoms with Crippen molar-refractivity contribution in [1.82, 2.24) is 9.47 Å². The number of amides is 1. The van der Waals surface area contributed by atoms with E-state index in [-0.39, 0.29) is 5.91 Å². The molecule has 3 aromatic rings. The summed E-state index contributed by atoms with van der Waals surface area (Å²) in [5.41, 5.74) is 4.28. The zero-order valence-electron chi connectivity index (χ0n) is 15.1. The second-order valence-corrected chi connectivity index (χ2v) is 6.57. The van der Waals surface area contributed by atoms with Crippen LogP contribution >= 0.6 is 0 Å². The summed E-state index contributed by atoms with van der Waals surface area (Å²) >= 11 is 0. The molecule has 0 aliphatic carbocycles. The fourth-order valence-electron chi connectivity index (χ4n) is 3.67. The van der Waals surface area contributed by atoms with Crippen molar-refractivity contribution in [2.45, 2.75) is 13.0 Å². The Balaban J connectivity index is 1.74. The second-order valence-electron chi connectivity index (χ2n) is 6.57. The Bertz CT molecular complexity index is 944. The first-order chi connectivity index (χ1) is 12.7. The largest absolute Gasteiger partial charge is 0.497 e. The Hall–Kier alpha value is -2.79. The van der Waals surface area contributed by atoms with E-state index in [2.05, 4.69) is 29.0 Å². The van der Waals surface area contributed by atoms with Crippen molar-refractivity contribution < 1.29 is 14.3 Å². The van der Waals surface area contributed by atoms with Crippen LogP contribution in [0.3, 0.4) is 0 Å². The number of hydrogen-bond acceptors (Lipinski definition) is 3. The van der Waals surface area contributed by atoms with Crippen LogP contribution in [0, 0.1) is 0 Å². The third kappa shape index (κ3) is 2.84. The third-order valence-electron chi connectivity index (χ3n) is 4.95. The van der Waals surface area contributed by atoms with E-state index in [4.69, 9.17) is 9.47 Å². The minimum absolute atomic E-state index is 0.0402. The highest BCUT2D eigenvalue weighted by Crippen LogP contribution is 2.30. The average molecular weight is 350 g/mol. The molecule has 26 heavy (non-hydrogen) atoms. The van der Waals surface area contributed by atoms with Crippen LogP contribution in [0.5, 0.6) is 5.75 Å². The average Bonchev–Trinajstić information content (AvgIpc) is 2.96. The fourth-order valence-corrected chi connectivity index (χ4v) is 3.67. The van der Waals surface area contributed by atoms with E-state index in [1.54, 1.807) is 19.1 Å². The number of aromatic nitrogens is 1. The van der Waals surface area contributed by atoms with E-state index in [0.717, 1.165) is 35.2 Å². The molecule has 0 N–H and O–H groups in total. The molecule has 1 aromatic heterocycles. The molecule has 0 saturated heterocycles. The summed E-state index contributed by atoms with van der Waals surface area (Å²) in [5, 5.41) is 1.07. The molecule has 0 bridgehead atoms.